The molecule has 2 aromatic heterocycles. The highest BCUT2D eigenvalue weighted by atomic mass is 32.2. The summed E-state index contributed by atoms with van der Waals surface area (Å²) in [7, 11) is -3.19. The van der Waals surface area contributed by atoms with E-state index in [1.54, 1.807) is 18.4 Å². The van der Waals surface area contributed by atoms with Crippen LogP contribution in [0, 0.1) is 0 Å². The molecular weight excluding hydrogens is 394 g/mol. The number of anilines is 1. The highest BCUT2D eigenvalue weighted by Crippen LogP contribution is 2.30. The van der Waals surface area contributed by atoms with Crippen molar-refractivity contribution in [2.75, 3.05) is 18.5 Å². The summed E-state index contributed by atoms with van der Waals surface area (Å²) in [6, 6.07) is 5.80. The molecule has 0 aliphatic carbocycles. The summed E-state index contributed by atoms with van der Waals surface area (Å²) in [6.07, 6.45) is 2.48. The van der Waals surface area contributed by atoms with Crippen molar-refractivity contribution in [1.29, 1.82) is 0 Å². The van der Waals surface area contributed by atoms with E-state index < -0.39 is 15.6 Å². The lowest BCUT2D eigenvalue weighted by atomic mass is 10.1. The molecule has 0 amide bonds. The predicted octanol–water partition coefficient (Wildman–Crippen LogP) is 0.912. The Morgan fingerprint density at radius 3 is 2.62 bits per heavy atom. The fraction of sp³-hybridized carbons (Fsp3) is 0.474. The molecule has 0 aliphatic heterocycles. The van der Waals surface area contributed by atoms with Crippen molar-refractivity contribution in [2.24, 2.45) is 0 Å². The van der Waals surface area contributed by atoms with Crippen molar-refractivity contribution < 1.29 is 18.6 Å². The zero-order chi connectivity index (χ0) is 21.4. The van der Waals surface area contributed by atoms with Gasteiger partial charge < -0.3 is 20.5 Å². The Balaban J connectivity index is 2.01. The van der Waals surface area contributed by atoms with Gasteiger partial charge in [-0.2, -0.15) is 0 Å². The van der Waals surface area contributed by atoms with Crippen LogP contribution in [0.5, 0.6) is 0 Å². The van der Waals surface area contributed by atoms with E-state index in [1.165, 1.54) is 0 Å². The third-order valence-corrected chi connectivity index (χ3v) is 5.27. The number of hydrogen-bond donors (Lipinski definition) is 4. The fourth-order valence-corrected chi connectivity index (χ4v) is 3.90. The van der Waals surface area contributed by atoms with Crippen LogP contribution in [0.15, 0.2) is 18.2 Å². The van der Waals surface area contributed by atoms with Gasteiger partial charge in [0.25, 0.3) is 0 Å². The summed E-state index contributed by atoms with van der Waals surface area (Å²) in [5.41, 5.74) is 8.05. The van der Waals surface area contributed by atoms with Gasteiger partial charge in [0.2, 0.25) is 10.0 Å². The minimum atomic E-state index is -3.19. The van der Waals surface area contributed by atoms with E-state index in [-0.39, 0.29) is 19.0 Å². The number of aliphatic hydroxyl groups excluding tert-OH is 1. The lowest BCUT2D eigenvalue weighted by Crippen LogP contribution is -2.27. The smallest absolute Gasteiger partial charge is 0.208 e. The van der Waals surface area contributed by atoms with Gasteiger partial charge in [-0.1, -0.05) is 12.1 Å². The second-order valence-corrected chi connectivity index (χ2v) is 9.73. The molecule has 0 bridgehead atoms. The summed E-state index contributed by atoms with van der Waals surface area (Å²) < 4.78 is 26.6. The molecule has 0 unspecified atom stereocenters. The Labute approximate surface area is 169 Å². The average molecular weight is 422 g/mol. The Morgan fingerprint density at radius 2 is 2.00 bits per heavy atom. The maximum absolute atomic E-state index is 11.2. The molecule has 3 aromatic rings. The first-order valence-corrected chi connectivity index (χ1v) is 11.2. The summed E-state index contributed by atoms with van der Waals surface area (Å²) in [6.45, 7) is 3.71. The van der Waals surface area contributed by atoms with E-state index in [9.17, 15) is 18.6 Å². The number of nitrogen functional groups attached to an aromatic ring is 1. The molecule has 0 saturated heterocycles. The Hall–Kier alpha value is -2.27. The Morgan fingerprint density at radius 1 is 1.28 bits per heavy atom. The number of nitrogens with one attached hydrogen (secondary N) is 1. The highest BCUT2D eigenvalue weighted by Gasteiger charge is 2.22. The van der Waals surface area contributed by atoms with E-state index in [1.807, 2.05) is 18.2 Å². The number of sulfonamides is 1. The minimum absolute atomic E-state index is 0.247. The van der Waals surface area contributed by atoms with Crippen molar-refractivity contribution in [1.82, 2.24) is 19.3 Å². The van der Waals surface area contributed by atoms with Crippen molar-refractivity contribution in [3.05, 3.63) is 29.6 Å². The van der Waals surface area contributed by atoms with Crippen LogP contribution < -0.4 is 10.5 Å². The molecule has 0 fully saturated rings. The number of aliphatic hydroxyl groups is 2. The van der Waals surface area contributed by atoms with Crippen molar-refractivity contribution in [3.8, 4) is 0 Å². The van der Waals surface area contributed by atoms with Crippen LogP contribution in [0.25, 0.3) is 21.9 Å². The molecule has 0 saturated carbocycles. The van der Waals surface area contributed by atoms with Gasteiger partial charge in [-0.05, 0) is 38.3 Å². The summed E-state index contributed by atoms with van der Waals surface area (Å²) in [4.78, 5) is 8.88. The molecule has 5 N–H and O–H groups in total. The molecule has 2 heterocycles. The number of rotatable bonds is 8. The average Bonchev–Trinajstić information content (AvgIpc) is 2.95. The normalized spacial score (nSPS) is 12.9. The van der Waals surface area contributed by atoms with Crippen LogP contribution in [0.2, 0.25) is 0 Å². The third-order valence-electron chi connectivity index (χ3n) is 4.54. The topological polar surface area (TPSA) is 143 Å². The van der Waals surface area contributed by atoms with Gasteiger partial charge >= 0.3 is 0 Å². The number of pyridine rings is 1. The van der Waals surface area contributed by atoms with Gasteiger partial charge in [-0.25, -0.2) is 23.1 Å². The second kappa shape index (κ2) is 7.86. The highest BCUT2D eigenvalue weighted by molar-refractivity contribution is 7.88. The minimum Gasteiger partial charge on any atom is -0.389 e. The first kappa shape index (κ1) is 21.4. The van der Waals surface area contributed by atoms with Crippen LogP contribution in [0.3, 0.4) is 0 Å². The predicted molar refractivity (Wildman–Crippen MR) is 113 cm³/mol. The third kappa shape index (κ3) is 5.02. The monoisotopic (exact) mass is 421 g/mol. The van der Waals surface area contributed by atoms with E-state index in [0.29, 0.717) is 36.2 Å². The number of hydrogen-bond acceptors (Lipinski definition) is 7. The zero-order valence-corrected chi connectivity index (χ0v) is 17.6. The van der Waals surface area contributed by atoms with Crippen LogP contribution in [-0.2, 0) is 29.6 Å². The molecule has 9 nitrogen and oxygen atoms in total. The maximum atomic E-state index is 11.2. The van der Waals surface area contributed by atoms with Gasteiger partial charge in [0.15, 0.2) is 5.82 Å². The molecule has 0 spiro atoms. The molecular formula is C19H27N5O4S. The van der Waals surface area contributed by atoms with Gasteiger partial charge in [-0.15, -0.1) is 0 Å². The maximum Gasteiger partial charge on any atom is 0.208 e. The van der Waals surface area contributed by atoms with E-state index in [2.05, 4.69) is 14.7 Å². The summed E-state index contributed by atoms with van der Waals surface area (Å²) in [5, 5.41) is 20.9. The number of fused-ring (bicyclic) bond motifs is 3. The molecule has 0 atom stereocenters. The van der Waals surface area contributed by atoms with Gasteiger partial charge in [-0.3, -0.25) is 0 Å². The van der Waals surface area contributed by atoms with Crippen LogP contribution >= 0.6 is 0 Å². The van der Waals surface area contributed by atoms with Gasteiger partial charge in [0, 0.05) is 11.9 Å². The van der Waals surface area contributed by atoms with Crippen LogP contribution in [0.4, 0.5) is 5.82 Å². The molecule has 158 valence electrons. The van der Waals surface area contributed by atoms with Crippen molar-refractivity contribution in [2.45, 2.75) is 45.4 Å². The molecule has 0 radical (unpaired) electrons. The Kier molecular flexibility index (Phi) is 5.81. The molecule has 10 heteroatoms. The summed E-state index contributed by atoms with van der Waals surface area (Å²) >= 11 is 0. The van der Waals surface area contributed by atoms with Gasteiger partial charge in [0.05, 0.1) is 29.4 Å². The molecule has 3 rings (SSSR count). The lowest BCUT2D eigenvalue weighted by Gasteiger charge is -2.20. The van der Waals surface area contributed by atoms with Crippen molar-refractivity contribution >= 4 is 37.8 Å². The number of benzene rings is 1. The molecule has 1 aromatic carbocycles. The molecule has 29 heavy (non-hydrogen) atoms. The first-order valence-electron chi connectivity index (χ1n) is 9.33. The lowest BCUT2D eigenvalue weighted by molar-refractivity contribution is 0.0607. The second-order valence-electron chi connectivity index (χ2n) is 7.90. The van der Waals surface area contributed by atoms with Crippen molar-refractivity contribution in [3.63, 3.8) is 0 Å². The number of aryl methyl sites for hydroxylation is 1. The Bertz CT molecular complexity index is 1150. The van der Waals surface area contributed by atoms with Crippen LogP contribution in [-0.4, -0.2) is 51.6 Å². The largest absolute Gasteiger partial charge is 0.389 e. The first-order chi connectivity index (χ1) is 13.5. The SMILES string of the molecule is CC(C)(O)Cn1c(CO)nc2c(N)nc3cc(CCCNS(C)(=O)=O)ccc3c21. The standard InChI is InChI=1S/C19H27N5O4S/c1-19(2,26)11-24-15(10-25)23-16-17(24)13-7-6-12(9-14(13)22-18(16)20)5-4-8-21-29(3,27)28/h6-7,9,21,25-26H,4-5,8,10-11H2,1-3H3,(H2,20,22). The fourth-order valence-electron chi connectivity index (χ4n) is 3.39. The van der Waals surface area contributed by atoms with E-state index in [0.717, 1.165) is 22.7 Å². The van der Waals surface area contributed by atoms with E-state index in [4.69, 9.17) is 5.73 Å². The molecule has 0 aliphatic rings. The summed E-state index contributed by atoms with van der Waals surface area (Å²) in [5.74, 6) is 0.673. The van der Waals surface area contributed by atoms with Crippen LogP contribution in [0.1, 0.15) is 31.7 Å². The quantitative estimate of drug-likeness (QED) is 0.396. The number of aromatic nitrogens is 3. The number of imidazole rings is 1. The van der Waals surface area contributed by atoms with Gasteiger partial charge in [0.1, 0.15) is 17.9 Å². The van der Waals surface area contributed by atoms with E-state index >= 15 is 0 Å². The zero-order valence-electron chi connectivity index (χ0n) is 16.8. The number of nitrogens with zero attached hydrogens (tertiary/aromatic N) is 3. The number of nitrogens with two attached hydrogens (primary N) is 1.